The van der Waals surface area contributed by atoms with Crippen molar-refractivity contribution in [2.24, 2.45) is 5.92 Å². The number of hydrogen-bond donors (Lipinski definition) is 2. The van der Waals surface area contributed by atoms with E-state index in [1.807, 2.05) is 0 Å². The summed E-state index contributed by atoms with van der Waals surface area (Å²) in [5.41, 5.74) is -0.941. The number of hydrogen-bond acceptors (Lipinski definition) is 4. The predicted octanol–water partition coefficient (Wildman–Crippen LogP) is 3.69. The zero-order valence-electron chi connectivity index (χ0n) is 11.7. The lowest BCUT2D eigenvalue weighted by Crippen LogP contribution is -2.41. The molecular formula is C14H18FIN2O3. The summed E-state index contributed by atoms with van der Waals surface area (Å²) in [6.45, 7) is 2.27. The Morgan fingerprint density at radius 3 is 2.95 bits per heavy atom. The Morgan fingerprint density at radius 1 is 1.62 bits per heavy atom. The van der Waals surface area contributed by atoms with Gasteiger partial charge in [0.25, 0.3) is 5.69 Å². The third kappa shape index (κ3) is 4.03. The lowest BCUT2D eigenvalue weighted by molar-refractivity contribution is -0.384. The highest BCUT2D eigenvalue weighted by Crippen LogP contribution is 2.34. The number of nitro groups is 1. The molecule has 5 nitrogen and oxygen atoms in total. The summed E-state index contributed by atoms with van der Waals surface area (Å²) in [5.74, 6) is -0.0818. The first-order chi connectivity index (χ1) is 9.81. The van der Waals surface area contributed by atoms with E-state index < -0.39 is 16.3 Å². The van der Waals surface area contributed by atoms with Crippen molar-refractivity contribution in [1.29, 1.82) is 0 Å². The van der Waals surface area contributed by atoms with Gasteiger partial charge in [-0.2, -0.15) is 0 Å². The van der Waals surface area contributed by atoms with Crippen LogP contribution in [0, 0.1) is 25.4 Å². The maximum atomic E-state index is 13.6. The highest BCUT2D eigenvalue weighted by Gasteiger charge is 2.33. The molecular weight excluding hydrogens is 390 g/mol. The van der Waals surface area contributed by atoms with Gasteiger partial charge in [-0.3, -0.25) is 10.1 Å². The topological polar surface area (TPSA) is 75.4 Å². The summed E-state index contributed by atoms with van der Waals surface area (Å²) in [5, 5.41) is 24.4. The maximum Gasteiger partial charge on any atom is 0.293 e. The lowest BCUT2D eigenvalue weighted by atomic mass is 9.79. The minimum atomic E-state index is -0.884. The molecule has 0 heterocycles. The van der Waals surface area contributed by atoms with Crippen LogP contribution in [-0.4, -0.2) is 22.2 Å². The molecule has 1 aliphatic carbocycles. The fourth-order valence-electron chi connectivity index (χ4n) is 2.88. The fraction of sp³-hybridized carbons (Fsp3) is 0.571. The second kappa shape index (κ2) is 6.43. The molecule has 2 N–H and O–H groups in total. The van der Waals surface area contributed by atoms with Crippen molar-refractivity contribution in [2.45, 2.75) is 38.2 Å². The van der Waals surface area contributed by atoms with Crippen molar-refractivity contribution < 1.29 is 14.4 Å². The van der Waals surface area contributed by atoms with E-state index in [0.29, 0.717) is 18.8 Å². The minimum absolute atomic E-state index is 0.115. The van der Waals surface area contributed by atoms with Crippen molar-refractivity contribution in [3.63, 3.8) is 0 Å². The summed E-state index contributed by atoms with van der Waals surface area (Å²) >= 11 is 1.72. The average Bonchev–Trinajstić information content (AvgIpc) is 2.39. The van der Waals surface area contributed by atoms with E-state index in [-0.39, 0.29) is 21.5 Å². The molecule has 7 heteroatoms. The minimum Gasteiger partial charge on any atom is -0.388 e. The predicted molar refractivity (Wildman–Crippen MR) is 86.8 cm³/mol. The van der Waals surface area contributed by atoms with Crippen LogP contribution < -0.4 is 5.32 Å². The van der Waals surface area contributed by atoms with Crippen LogP contribution in [0.3, 0.4) is 0 Å². The van der Waals surface area contributed by atoms with Crippen molar-refractivity contribution in [3.8, 4) is 0 Å². The number of nitrogens with one attached hydrogen (secondary N) is 1. The Balaban J connectivity index is 2.16. The number of anilines is 1. The van der Waals surface area contributed by atoms with E-state index in [0.717, 1.165) is 18.9 Å². The third-order valence-electron chi connectivity index (χ3n) is 3.91. The number of benzene rings is 1. The monoisotopic (exact) mass is 408 g/mol. The summed E-state index contributed by atoms with van der Waals surface area (Å²) in [7, 11) is 0. The molecule has 1 saturated carbocycles. The molecule has 0 radical (unpaired) electrons. The molecule has 0 bridgehead atoms. The Kier molecular flexibility index (Phi) is 5.03. The normalized spacial score (nSPS) is 25.6. The van der Waals surface area contributed by atoms with Crippen LogP contribution in [0.4, 0.5) is 15.8 Å². The van der Waals surface area contributed by atoms with Crippen LogP contribution in [0.15, 0.2) is 12.1 Å². The Hall–Kier alpha value is -0.960. The average molecular weight is 408 g/mol. The summed E-state index contributed by atoms with van der Waals surface area (Å²) in [4.78, 5) is 10.5. The molecule has 1 fully saturated rings. The molecule has 1 aromatic carbocycles. The van der Waals surface area contributed by atoms with Crippen LogP contribution >= 0.6 is 22.6 Å². The molecule has 2 unspecified atom stereocenters. The second-order valence-electron chi connectivity index (χ2n) is 5.82. The maximum absolute atomic E-state index is 13.6. The van der Waals surface area contributed by atoms with Gasteiger partial charge in [-0.25, -0.2) is 4.39 Å². The summed E-state index contributed by atoms with van der Waals surface area (Å²) < 4.78 is 13.8. The first kappa shape index (κ1) is 16.4. The Labute approximate surface area is 136 Å². The van der Waals surface area contributed by atoms with Crippen molar-refractivity contribution in [1.82, 2.24) is 0 Å². The van der Waals surface area contributed by atoms with Crippen molar-refractivity contribution in [2.75, 3.05) is 11.9 Å². The van der Waals surface area contributed by atoms with Crippen LogP contribution in [0.2, 0.25) is 0 Å². The van der Waals surface area contributed by atoms with Crippen molar-refractivity contribution in [3.05, 3.63) is 31.6 Å². The van der Waals surface area contributed by atoms with Crippen LogP contribution in [0.5, 0.6) is 0 Å². The largest absolute Gasteiger partial charge is 0.388 e. The van der Waals surface area contributed by atoms with E-state index in [2.05, 4.69) is 12.2 Å². The highest BCUT2D eigenvalue weighted by atomic mass is 127. The van der Waals surface area contributed by atoms with Gasteiger partial charge in [0.05, 0.1) is 14.1 Å². The van der Waals surface area contributed by atoms with Crippen LogP contribution in [0.1, 0.15) is 32.6 Å². The third-order valence-corrected chi connectivity index (χ3v) is 4.74. The van der Waals surface area contributed by atoms with Gasteiger partial charge in [0.15, 0.2) is 0 Å². The van der Waals surface area contributed by atoms with E-state index in [1.54, 1.807) is 22.6 Å². The van der Waals surface area contributed by atoms with Gasteiger partial charge in [-0.05, 0) is 41.4 Å². The van der Waals surface area contributed by atoms with Crippen LogP contribution in [-0.2, 0) is 0 Å². The standard InChI is InChI=1S/C14H18FIN2O3/c1-9-3-2-4-14(19,7-9)8-17-12-5-10(15)11(16)6-13(12)18(20)21/h5-6,9,17,19H,2-4,7-8H2,1H3. The number of rotatable bonds is 4. The molecule has 1 aliphatic rings. The van der Waals surface area contributed by atoms with Gasteiger partial charge in [0.2, 0.25) is 0 Å². The van der Waals surface area contributed by atoms with Gasteiger partial charge >= 0.3 is 0 Å². The zero-order chi connectivity index (χ0) is 15.6. The highest BCUT2D eigenvalue weighted by molar-refractivity contribution is 14.1. The van der Waals surface area contributed by atoms with Gasteiger partial charge in [0, 0.05) is 18.7 Å². The van der Waals surface area contributed by atoms with Crippen molar-refractivity contribution >= 4 is 34.0 Å². The fourth-order valence-corrected chi connectivity index (χ4v) is 3.33. The van der Waals surface area contributed by atoms with Crippen LogP contribution in [0.25, 0.3) is 0 Å². The smallest absolute Gasteiger partial charge is 0.293 e. The molecule has 0 spiro atoms. The van der Waals surface area contributed by atoms with E-state index in [4.69, 9.17) is 0 Å². The molecule has 1 aromatic rings. The molecule has 116 valence electrons. The SMILES string of the molecule is CC1CCCC(O)(CNc2cc(F)c(I)cc2[N+](=O)[O-])C1. The first-order valence-electron chi connectivity index (χ1n) is 6.90. The molecule has 2 atom stereocenters. The zero-order valence-corrected chi connectivity index (χ0v) is 13.9. The number of halogens is 2. The molecule has 0 aliphatic heterocycles. The number of nitro benzene ring substituents is 1. The Bertz CT molecular complexity index is 555. The van der Waals surface area contributed by atoms with E-state index in [1.165, 1.54) is 6.07 Å². The first-order valence-corrected chi connectivity index (χ1v) is 7.98. The van der Waals surface area contributed by atoms with Gasteiger partial charge in [-0.1, -0.05) is 19.8 Å². The van der Waals surface area contributed by atoms with Gasteiger partial charge in [-0.15, -0.1) is 0 Å². The number of aliphatic hydroxyl groups is 1. The van der Waals surface area contributed by atoms with E-state index >= 15 is 0 Å². The molecule has 2 rings (SSSR count). The van der Waals surface area contributed by atoms with E-state index in [9.17, 15) is 19.6 Å². The molecule has 0 aromatic heterocycles. The van der Waals surface area contributed by atoms with Gasteiger partial charge < -0.3 is 10.4 Å². The molecule has 0 amide bonds. The molecule has 21 heavy (non-hydrogen) atoms. The second-order valence-corrected chi connectivity index (χ2v) is 6.98. The number of nitrogens with zero attached hydrogens (tertiary/aromatic N) is 1. The van der Waals surface area contributed by atoms with Gasteiger partial charge in [0.1, 0.15) is 11.5 Å². The molecule has 0 saturated heterocycles. The lowest BCUT2D eigenvalue weighted by Gasteiger charge is -2.35. The summed E-state index contributed by atoms with van der Waals surface area (Å²) in [6.07, 6.45) is 3.33. The summed E-state index contributed by atoms with van der Waals surface area (Å²) in [6, 6.07) is 2.32. The quantitative estimate of drug-likeness (QED) is 0.453. The Morgan fingerprint density at radius 2 is 2.33 bits per heavy atom.